The molecule has 0 aliphatic heterocycles. The van der Waals surface area contributed by atoms with Crippen molar-refractivity contribution < 1.29 is 4.79 Å². The van der Waals surface area contributed by atoms with E-state index >= 15 is 0 Å². The van der Waals surface area contributed by atoms with Crippen molar-refractivity contribution in [2.24, 2.45) is 0 Å². The van der Waals surface area contributed by atoms with E-state index in [1.807, 2.05) is 32.0 Å². The first-order valence-electron chi connectivity index (χ1n) is 9.46. The normalized spacial score (nSPS) is 10.6. The molecule has 8 nitrogen and oxygen atoms in total. The van der Waals surface area contributed by atoms with Crippen LogP contribution < -0.4 is 22.4 Å². The van der Waals surface area contributed by atoms with Gasteiger partial charge in [-0.25, -0.2) is 28.1 Å². The lowest BCUT2D eigenvalue weighted by Crippen LogP contribution is -2.55. The number of hydrogen-bond donors (Lipinski definition) is 1. The number of carbonyl (C=O) groups excluding carboxylic acids is 1. The molecule has 0 saturated heterocycles. The summed E-state index contributed by atoms with van der Waals surface area (Å²) in [7, 11) is 0. The highest BCUT2D eigenvalue weighted by atomic mass is 16.2. The predicted molar refractivity (Wildman–Crippen MR) is 113 cm³/mol. The van der Waals surface area contributed by atoms with E-state index in [1.54, 1.807) is 0 Å². The molecule has 0 radical (unpaired) electrons. The third-order valence-corrected chi connectivity index (χ3v) is 4.57. The van der Waals surface area contributed by atoms with E-state index in [4.69, 9.17) is 0 Å². The van der Waals surface area contributed by atoms with Gasteiger partial charge in [-0.2, -0.15) is 0 Å². The van der Waals surface area contributed by atoms with Gasteiger partial charge in [-0.15, -0.1) is 13.2 Å². The molecule has 8 heteroatoms. The van der Waals surface area contributed by atoms with Gasteiger partial charge in [-0.1, -0.05) is 44.2 Å². The Morgan fingerprint density at radius 1 is 0.897 bits per heavy atom. The van der Waals surface area contributed by atoms with E-state index in [0.29, 0.717) is 5.69 Å². The maximum Gasteiger partial charge on any atom is 0.337 e. The van der Waals surface area contributed by atoms with Gasteiger partial charge in [-0.05, 0) is 24.0 Å². The van der Waals surface area contributed by atoms with Gasteiger partial charge in [0, 0.05) is 5.69 Å². The Hall–Kier alpha value is -3.42. The monoisotopic (exact) mass is 398 g/mol. The van der Waals surface area contributed by atoms with E-state index < -0.39 is 29.5 Å². The minimum Gasteiger partial charge on any atom is -0.324 e. The first-order valence-corrected chi connectivity index (χ1v) is 9.46. The number of aryl methyl sites for hydroxylation is 2. The molecule has 0 fully saturated rings. The number of nitrogens with one attached hydrogen (secondary N) is 1. The first kappa shape index (κ1) is 21.9. The van der Waals surface area contributed by atoms with Crippen molar-refractivity contribution in [1.29, 1.82) is 0 Å². The van der Waals surface area contributed by atoms with Crippen molar-refractivity contribution in [2.75, 3.05) is 5.32 Å². The fourth-order valence-corrected chi connectivity index (χ4v) is 3.11. The Morgan fingerprint density at radius 2 is 1.34 bits per heavy atom. The van der Waals surface area contributed by atoms with Crippen molar-refractivity contribution in [3.63, 3.8) is 0 Å². The van der Waals surface area contributed by atoms with Gasteiger partial charge in [0.05, 0.1) is 13.1 Å². The van der Waals surface area contributed by atoms with Crippen LogP contribution in [0, 0.1) is 0 Å². The summed E-state index contributed by atoms with van der Waals surface area (Å²) in [5, 5.41) is 2.83. The zero-order valence-corrected chi connectivity index (χ0v) is 16.8. The first-order chi connectivity index (χ1) is 13.9. The molecule has 1 heterocycles. The van der Waals surface area contributed by atoms with Crippen molar-refractivity contribution in [3.8, 4) is 0 Å². The number of rotatable bonds is 9. The smallest absolute Gasteiger partial charge is 0.324 e. The largest absolute Gasteiger partial charge is 0.337 e. The van der Waals surface area contributed by atoms with Gasteiger partial charge in [-0.3, -0.25) is 4.79 Å². The number of para-hydroxylation sites is 1. The van der Waals surface area contributed by atoms with Crippen LogP contribution >= 0.6 is 0 Å². The van der Waals surface area contributed by atoms with Crippen LogP contribution in [0.25, 0.3) is 0 Å². The number of nitrogens with zero attached hydrogens (tertiary/aromatic N) is 3. The molecular formula is C21H26N4O4. The number of allylic oxidation sites excluding steroid dienone is 2. The van der Waals surface area contributed by atoms with Gasteiger partial charge in [0.25, 0.3) is 0 Å². The minimum atomic E-state index is -0.852. The fraction of sp³-hybridized carbons (Fsp3) is 0.333. The van der Waals surface area contributed by atoms with Gasteiger partial charge >= 0.3 is 17.1 Å². The molecule has 0 atom stereocenters. The molecule has 0 unspecified atom stereocenters. The Balaban J connectivity index is 2.50. The van der Waals surface area contributed by atoms with Crippen LogP contribution in [0.4, 0.5) is 5.69 Å². The molecular weight excluding hydrogens is 372 g/mol. The lowest BCUT2D eigenvalue weighted by molar-refractivity contribution is -0.116. The minimum absolute atomic E-state index is 0.0740. The van der Waals surface area contributed by atoms with Crippen molar-refractivity contribution in [2.45, 2.75) is 46.3 Å². The number of hydrogen-bond acceptors (Lipinski definition) is 4. The quantitative estimate of drug-likeness (QED) is 0.644. The van der Waals surface area contributed by atoms with Crippen LogP contribution in [0.15, 0.2) is 57.9 Å². The molecule has 154 valence electrons. The number of carbonyl (C=O) groups is 1. The van der Waals surface area contributed by atoms with Crippen LogP contribution in [0.5, 0.6) is 0 Å². The average molecular weight is 398 g/mol. The Labute approximate surface area is 168 Å². The van der Waals surface area contributed by atoms with E-state index in [2.05, 4.69) is 18.5 Å². The standard InChI is InChI=1S/C21H26N4O4/c1-5-12-23-19(27)24(13-6-2)21(29)25(20(23)28)14-17(26)22-18-15(7-3)10-9-11-16(18)8-4/h5-6,9-11H,1-2,7-8,12-14H2,3-4H3,(H,22,26). The van der Waals surface area contributed by atoms with Gasteiger partial charge in [0.2, 0.25) is 5.91 Å². The summed E-state index contributed by atoms with van der Waals surface area (Å²) in [5.74, 6) is -0.520. The van der Waals surface area contributed by atoms with E-state index in [-0.39, 0.29) is 13.1 Å². The third kappa shape index (κ3) is 4.53. The second-order valence-electron chi connectivity index (χ2n) is 6.44. The zero-order valence-electron chi connectivity index (χ0n) is 16.8. The molecule has 0 saturated carbocycles. The Bertz CT molecular complexity index is 1030. The van der Waals surface area contributed by atoms with Crippen LogP contribution in [-0.4, -0.2) is 19.6 Å². The maximum atomic E-state index is 12.7. The maximum absolute atomic E-state index is 12.7. The molecule has 0 aliphatic carbocycles. The summed E-state index contributed by atoms with van der Waals surface area (Å²) < 4.78 is 2.48. The lowest BCUT2D eigenvalue weighted by atomic mass is 10.0. The molecule has 2 aromatic rings. The average Bonchev–Trinajstić information content (AvgIpc) is 2.72. The number of amides is 1. The molecule has 2 rings (SSSR count). The zero-order chi connectivity index (χ0) is 21.6. The summed E-state index contributed by atoms with van der Waals surface area (Å²) in [6.45, 7) is 10.4. The number of benzene rings is 1. The fourth-order valence-electron chi connectivity index (χ4n) is 3.11. The van der Waals surface area contributed by atoms with Crippen LogP contribution in [0.3, 0.4) is 0 Å². The molecule has 0 bridgehead atoms. The van der Waals surface area contributed by atoms with Crippen molar-refractivity contribution >= 4 is 11.6 Å². The van der Waals surface area contributed by atoms with Crippen LogP contribution in [0.2, 0.25) is 0 Å². The molecule has 1 aromatic carbocycles. The summed E-state index contributed by atoms with van der Waals surface area (Å²) in [6, 6.07) is 5.77. The lowest BCUT2D eigenvalue weighted by Gasteiger charge is -2.16. The Kier molecular flexibility index (Phi) is 7.30. The van der Waals surface area contributed by atoms with Crippen LogP contribution in [-0.2, 0) is 37.3 Å². The third-order valence-electron chi connectivity index (χ3n) is 4.57. The molecule has 1 aromatic heterocycles. The van der Waals surface area contributed by atoms with Crippen molar-refractivity contribution in [1.82, 2.24) is 13.7 Å². The van der Waals surface area contributed by atoms with Gasteiger partial charge < -0.3 is 5.32 Å². The second kappa shape index (κ2) is 9.68. The molecule has 0 spiro atoms. The molecule has 0 aliphatic rings. The SMILES string of the molecule is C=CCn1c(=O)n(CC=C)c(=O)n(CC(=O)Nc2c(CC)cccc2CC)c1=O. The topological polar surface area (TPSA) is 95.1 Å². The number of anilines is 1. The highest BCUT2D eigenvalue weighted by Gasteiger charge is 2.17. The second-order valence-corrected chi connectivity index (χ2v) is 6.44. The summed E-state index contributed by atoms with van der Waals surface area (Å²) >= 11 is 0. The predicted octanol–water partition coefficient (Wildman–Crippen LogP) is 1.31. The van der Waals surface area contributed by atoms with Gasteiger partial charge in [0.1, 0.15) is 6.54 Å². The highest BCUT2D eigenvalue weighted by molar-refractivity contribution is 5.92. The highest BCUT2D eigenvalue weighted by Crippen LogP contribution is 2.22. The molecule has 1 amide bonds. The molecule has 1 N–H and O–H groups in total. The van der Waals surface area contributed by atoms with E-state index in [0.717, 1.165) is 37.7 Å². The summed E-state index contributed by atoms with van der Waals surface area (Å²) in [4.78, 5) is 50.4. The summed E-state index contributed by atoms with van der Waals surface area (Å²) in [6.07, 6.45) is 4.20. The Morgan fingerprint density at radius 3 is 1.76 bits per heavy atom. The molecule has 29 heavy (non-hydrogen) atoms. The van der Waals surface area contributed by atoms with Crippen LogP contribution in [0.1, 0.15) is 25.0 Å². The summed E-state index contributed by atoms with van der Waals surface area (Å²) in [5.41, 5.74) is 0.156. The van der Waals surface area contributed by atoms with E-state index in [1.165, 1.54) is 12.2 Å². The van der Waals surface area contributed by atoms with Crippen molar-refractivity contribution in [3.05, 3.63) is 86.1 Å². The van der Waals surface area contributed by atoms with E-state index in [9.17, 15) is 19.2 Å². The number of aromatic nitrogens is 3. The van der Waals surface area contributed by atoms with Gasteiger partial charge in [0.15, 0.2) is 0 Å².